The van der Waals surface area contributed by atoms with E-state index in [2.05, 4.69) is 0 Å². The molecule has 0 saturated carbocycles. The molecule has 1 fully saturated rings. The van der Waals surface area contributed by atoms with E-state index < -0.39 is 6.10 Å². The summed E-state index contributed by atoms with van der Waals surface area (Å²) < 4.78 is 0. The molecule has 3 aliphatic rings. The molecule has 0 spiro atoms. The number of aliphatic hydroxyl groups excluding tert-OH is 1. The maximum absolute atomic E-state index is 12.3. The summed E-state index contributed by atoms with van der Waals surface area (Å²) in [5.41, 5.74) is 2.17. The molecule has 2 aliphatic heterocycles. The number of nitrogens with zero attached hydrogens (tertiary/aromatic N) is 1. The number of aliphatic hydroxyl groups is 1. The van der Waals surface area contributed by atoms with Crippen molar-refractivity contribution in [2.24, 2.45) is 11.8 Å². The van der Waals surface area contributed by atoms with Crippen LogP contribution in [0.1, 0.15) is 45.4 Å². The number of ketones is 1. The van der Waals surface area contributed by atoms with Crippen LogP contribution in [-0.4, -0.2) is 40.9 Å². The van der Waals surface area contributed by atoms with Crippen LogP contribution in [0.25, 0.3) is 0 Å². The molecule has 110 valence electrons. The highest BCUT2D eigenvalue weighted by molar-refractivity contribution is 5.99. The van der Waals surface area contributed by atoms with Crippen LogP contribution < -0.4 is 0 Å². The number of amides is 1. The number of Topliss-reactive ketones (excluding diaryl/α,β-unsaturated/α-hetero) is 1. The average molecular weight is 277 g/mol. The maximum Gasteiger partial charge on any atom is 0.222 e. The number of carbonyl (C=O) groups is 2. The highest BCUT2D eigenvalue weighted by Gasteiger charge is 2.39. The summed E-state index contributed by atoms with van der Waals surface area (Å²) in [6.45, 7) is 3.47. The Bertz CT molecular complexity index is 468. The Morgan fingerprint density at radius 1 is 1.10 bits per heavy atom. The van der Waals surface area contributed by atoms with E-state index in [1.54, 1.807) is 0 Å². The van der Waals surface area contributed by atoms with Gasteiger partial charge >= 0.3 is 0 Å². The lowest BCUT2D eigenvalue weighted by Crippen LogP contribution is -2.38. The molecular weight excluding hydrogens is 254 g/mol. The summed E-state index contributed by atoms with van der Waals surface area (Å²) in [4.78, 5) is 26.5. The number of rotatable bonds is 0. The van der Waals surface area contributed by atoms with Gasteiger partial charge in [-0.3, -0.25) is 9.59 Å². The monoisotopic (exact) mass is 277 g/mol. The molecule has 1 aliphatic carbocycles. The van der Waals surface area contributed by atoms with Crippen molar-refractivity contribution in [2.45, 2.75) is 51.6 Å². The third kappa shape index (κ3) is 2.30. The first-order chi connectivity index (χ1) is 9.58. The molecule has 4 heteroatoms. The molecule has 0 aromatic heterocycles. The van der Waals surface area contributed by atoms with Gasteiger partial charge in [-0.05, 0) is 37.2 Å². The van der Waals surface area contributed by atoms with Crippen LogP contribution >= 0.6 is 0 Å². The predicted molar refractivity (Wildman–Crippen MR) is 75.0 cm³/mol. The van der Waals surface area contributed by atoms with Gasteiger partial charge in [-0.2, -0.15) is 0 Å². The van der Waals surface area contributed by atoms with E-state index in [1.807, 2.05) is 11.8 Å². The van der Waals surface area contributed by atoms with E-state index in [9.17, 15) is 14.7 Å². The molecule has 3 rings (SSSR count). The van der Waals surface area contributed by atoms with Crippen molar-refractivity contribution in [3.05, 3.63) is 11.1 Å². The Labute approximate surface area is 119 Å². The topological polar surface area (TPSA) is 57.6 Å². The van der Waals surface area contributed by atoms with Gasteiger partial charge in [0, 0.05) is 31.8 Å². The molecule has 0 aromatic rings. The van der Waals surface area contributed by atoms with E-state index >= 15 is 0 Å². The number of carbonyl (C=O) groups excluding carboxylic acids is 2. The molecule has 0 aromatic carbocycles. The van der Waals surface area contributed by atoms with Crippen LogP contribution in [0, 0.1) is 11.8 Å². The first-order valence-electron chi connectivity index (χ1n) is 7.79. The zero-order valence-electron chi connectivity index (χ0n) is 12.1. The van der Waals surface area contributed by atoms with Gasteiger partial charge in [-0.15, -0.1) is 0 Å². The molecule has 1 N–H and O–H groups in total. The van der Waals surface area contributed by atoms with Crippen molar-refractivity contribution >= 4 is 11.7 Å². The largest absolute Gasteiger partial charge is 0.392 e. The first-order valence-corrected chi connectivity index (χ1v) is 7.79. The number of fused-ring (bicyclic) bond motifs is 3. The maximum atomic E-state index is 12.3. The summed E-state index contributed by atoms with van der Waals surface area (Å²) in [5, 5.41) is 10.6. The molecule has 20 heavy (non-hydrogen) atoms. The summed E-state index contributed by atoms with van der Waals surface area (Å²) in [7, 11) is 0. The summed E-state index contributed by atoms with van der Waals surface area (Å²) in [5.74, 6) is 0.281. The third-order valence-electron chi connectivity index (χ3n) is 5.15. The van der Waals surface area contributed by atoms with Gasteiger partial charge in [0.05, 0.1) is 6.10 Å². The van der Waals surface area contributed by atoms with E-state index in [-0.39, 0.29) is 23.5 Å². The molecule has 0 radical (unpaired) electrons. The Morgan fingerprint density at radius 3 is 2.55 bits per heavy atom. The zero-order chi connectivity index (χ0) is 14.3. The van der Waals surface area contributed by atoms with Gasteiger partial charge < -0.3 is 10.0 Å². The Morgan fingerprint density at radius 2 is 1.80 bits per heavy atom. The van der Waals surface area contributed by atoms with Crippen LogP contribution in [0.4, 0.5) is 0 Å². The van der Waals surface area contributed by atoms with Crippen LogP contribution in [-0.2, 0) is 9.59 Å². The van der Waals surface area contributed by atoms with E-state index in [1.165, 1.54) is 5.57 Å². The lowest BCUT2D eigenvalue weighted by Gasteiger charge is -2.30. The van der Waals surface area contributed by atoms with Gasteiger partial charge in [0.25, 0.3) is 0 Å². The summed E-state index contributed by atoms with van der Waals surface area (Å²) in [6, 6.07) is 0. The first kappa shape index (κ1) is 13.8. The van der Waals surface area contributed by atoms with Crippen LogP contribution in [0.3, 0.4) is 0 Å². The van der Waals surface area contributed by atoms with Crippen LogP contribution in [0.5, 0.6) is 0 Å². The summed E-state index contributed by atoms with van der Waals surface area (Å²) >= 11 is 0. The minimum Gasteiger partial charge on any atom is -0.392 e. The molecule has 2 heterocycles. The number of allylic oxidation sites excluding steroid dienone is 1. The number of hydrogen-bond acceptors (Lipinski definition) is 3. The second-order valence-corrected chi connectivity index (χ2v) is 6.50. The second kappa shape index (κ2) is 5.32. The molecule has 2 bridgehead atoms. The minimum absolute atomic E-state index is 0.0371. The fourth-order valence-electron chi connectivity index (χ4n) is 4.00. The van der Waals surface area contributed by atoms with Gasteiger partial charge in [0.1, 0.15) is 0 Å². The predicted octanol–water partition coefficient (Wildman–Crippen LogP) is 1.68. The highest BCUT2D eigenvalue weighted by atomic mass is 16.3. The highest BCUT2D eigenvalue weighted by Crippen LogP contribution is 2.40. The average Bonchev–Trinajstić information content (AvgIpc) is 2.76. The van der Waals surface area contributed by atoms with Crippen molar-refractivity contribution < 1.29 is 14.7 Å². The van der Waals surface area contributed by atoms with Crippen molar-refractivity contribution in [3.63, 3.8) is 0 Å². The molecule has 1 saturated heterocycles. The van der Waals surface area contributed by atoms with Gasteiger partial charge in [0.15, 0.2) is 5.78 Å². The quantitative estimate of drug-likeness (QED) is 0.733. The third-order valence-corrected chi connectivity index (χ3v) is 5.15. The number of hydrogen-bond donors (Lipinski definition) is 1. The standard InChI is InChI=1S/C16H23NO3/c1-10-8-15(19)17-6-2-4-11-12(5-3-7-17)14(18)9-13(11)16(10)20/h10,13,16,20H,2-9H2,1H3/t10-,13-,16-/m0/s1. The molecule has 1 amide bonds. The van der Waals surface area contributed by atoms with Crippen molar-refractivity contribution in [2.75, 3.05) is 13.1 Å². The second-order valence-electron chi connectivity index (χ2n) is 6.50. The normalized spacial score (nSPS) is 35.3. The van der Waals surface area contributed by atoms with Crippen LogP contribution in [0.2, 0.25) is 0 Å². The zero-order valence-corrected chi connectivity index (χ0v) is 12.1. The molecular formula is C16H23NO3. The fourth-order valence-corrected chi connectivity index (χ4v) is 4.00. The Balaban J connectivity index is 2.00. The van der Waals surface area contributed by atoms with Crippen molar-refractivity contribution in [3.8, 4) is 0 Å². The van der Waals surface area contributed by atoms with E-state index in [0.29, 0.717) is 12.8 Å². The molecule has 4 nitrogen and oxygen atoms in total. The minimum atomic E-state index is -0.562. The SMILES string of the molecule is C[C@H]1CC(=O)N2CCCC3=C(CCC2)[C@H](CC3=O)[C@H]1O. The smallest absolute Gasteiger partial charge is 0.222 e. The van der Waals surface area contributed by atoms with Crippen molar-refractivity contribution in [1.29, 1.82) is 0 Å². The lowest BCUT2D eigenvalue weighted by atomic mass is 9.83. The Hall–Kier alpha value is -1.16. The lowest BCUT2D eigenvalue weighted by molar-refractivity contribution is -0.133. The Kier molecular flexibility index (Phi) is 3.67. The van der Waals surface area contributed by atoms with Gasteiger partial charge in [-0.1, -0.05) is 12.5 Å². The van der Waals surface area contributed by atoms with Crippen LogP contribution in [0.15, 0.2) is 11.1 Å². The molecule has 0 unspecified atom stereocenters. The van der Waals surface area contributed by atoms with E-state index in [4.69, 9.17) is 0 Å². The van der Waals surface area contributed by atoms with Crippen molar-refractivity contribution in [1.82, 2.24) is 4.90 Å². The fraction of sp³-hybridized carbons (Fsp3) is 0.750. The molecule has 3 atom stereocenters. The van der Waals surface area contributed by atoms with Gasteiger partial charge in [0.2, 0.25) is 5.91 Å². The van der Waals surface area contributed by atoms with Gasteiger partial charge in [-0.25, -0.2) is 0 Å². The van der Waals surface area contributed by atoms with E-state index in [0.717, 1.165) is 44.3 Å². The summed E-state index contributed by atoms with van der Waals surface area (Å²) in [6.07, 6.45) is 3.70.